The fraction of sp³-hybridized carbons (Fsp3) is 0.308. The number of sulfone groups is 1. The number of nitrogens with zero attached hydrogens (tertiary/aromatic N) is 1. The molecule has 0 bridgehead atoms. The molecule has 0 N–H and O–H groups in total. The monoisotopic (exact) mass is 361 g/mol. The summed E-state index contributed by atoms with van der Waals surface area (Å²) >= 11 is 5.84. The molecule has 1 saturated heterocycles. The maximum Gasteiger partial charge on any atom is 0.416 e. The molecule has 0 saturated carbocycles. The Hall–Kier alpha value is -2.13. The molecular formula is C13H12ClNO7S. The van der Waals surface area contributed by atoms with Crippen LogP contribution in [0.25, 0.3) is 0 Å². The molecule has 1 aromatic rings. The minimum atomic E-state index is -3.53. The van der Waals surface area contributed by atoms with Crippen molar-refractivity contribution in [3.8, 4) is 0 Å². The van der Waals surface area contributed by atoms with Crippen LogP contribution in [0, 0.1) is 0 Å². The summed E-state index contributed by atoms with van der Waals surface area (Å²) < 4.78 is 32.3. The van der Waals surface area contributed by atoms with Gasteiger partial charge in [-0.15, -0.1) is 0 Å². The van der Waals surface area contributed by atoms with E-state index in [9.17, 15) is 22.8 Å². The van der Waals surface area contributed by atoms with Gasteiger partial charge in [0.15, 0.2) is 16.4 Å². The Morgan fingerprint density at radius 3 is 2.65 bits per heavy atom. The number of carbonyl (C=O) groups is 3. The van der Waals surface area contributed by atoms with Crippen LogP contribution < -0.4 is 0 Å². The molecule has 10 heteroatoms. The van der Waals surface area contributed by atoms with E-state index in [1.807, 2.05) is 0 Å². The number of carbonyl (C=O) groups excluding carboxylic acids is 3. The van der Waals surface area contributed by atoms with Crippen LogP contribution in [0.3, 0.4) is 0 Å². The molecule has 2 rings (SSSR count). The van der Waals surface area contributed by atoms with Gasteiger partial charge in [-0.25, -0.2) is 22.9 Å². The van der Waals surface area contributed by atoms with Crippen LogP contribution in [-0.2, 0) is 24.1 Å². The van der Waals surface area contributed by atoms with Gasteiger partial charge in [-0.2, -0.15) is 0 Å². The maximum absolute atomic E-state index is 12.0. The van der Waals surface area contributed by atoms with Crippen LogP contribution in [0.5, 0.6) is 0 Å². The molecule has 0 unspecified atom stereocenters. The van der Waals surface area contributed by atoms with Crippen molar-refractivity contribution < 1.29 is 32.3 Å². The number of hydrogen-bond acceptors (Lipinski definition) is 7. The molecule has 8 nitrogen and oxygen atoms in total. The first-order chi connectivity index (χ1) is 10.7. The highest BCUT2D eigenvalue weighted by Crippen LogP contribution is 2.21. The zero-order valence-electron chi connectivity index (χ0n) is 11.9. The van der Waals surface area contributed by atoms with Gasteiger partial charge in [-0.1, -0.05) is 11.6 Å². The predicted octanol–water partition coefficient (Wildman–Crippen LogP) is 0.879. The summed E-state index contributed by atoms with van der Waals surface area (Å²) in [7, 11) is -3.53. The van der Waals surface area contributed by atoms with E-state index in [2.05, 4.69) is 4.74 Å². The largest absolute Gasteiger partial charge is 0.452 e. The highest BCUT2D eigenvalue weighted by Gasteiger charge is 2.29. The molecule has 1 fully saturated rings. The number of hydrogen-bond donors (Lipinski definition) is 0. The molecule has 23 heavy (non-hydrogen) atoms. The lowest BCUT2D eigenvalue weighted by Crippen LogP contribution is -2.35. The van der Waals surface area contributed by atoms with Gasteiger partial charge in [0.1, 0.15) is 6.61 Å². The van der Waals surface area contributed by atoms with Crippen molar-refractivity contribution in [1.29, 1.82) is 0 Å². The number of amides is 2. The first-order valence-corrected chi connectivity index (χ1v) is 8.61. The van der Waals surface area contributed by atoms with Crippen LogP contribution in [0.15, 0.2) is 23.1 Å². The molecular weight excluding hydrogens is 350 g/mol. The van der Waals surface area contributed by atoms with E-state index in [0.717, 1.165) is 17.2 Å². The third kappa shape index (κ3) is 3.99. The molecule has 0 radical (unpaired) electrons. The number of halogens is 1. The zero-order valence-corrected chi connectivity index (χ0v) is 13.5. The van der Waals surface area contributed by atoms with Gasteiger partial charge < -0.3 is 9.47 Å². The summed E-state index contributed by atoms with van der Waals surface area (Å²) in [6.07, 6.45) is 0.177. The first-order valence-electron chi connectivity index (χ1n) is 6.34. The van der Waals surface area contributed by atoms with Gasteiger partial charge in [-0.05, 0) is 18.2 Å². The van der Waals surface area contributed by atoms with Gasteiger partial charge in [-0.3, -0.25) is 4.79 Å². The number of esters is 1. The number of ether oxygens (including phenoxy) is 2. The van der Waals surface area contributed by atoms with Gasteiger partial charge in [0.25, 0.3) is 5.91 Å². The summed E-state index contributed by atoms with van der Waals surface area (Å²) in [5.74, 6) is -1.71. The highest BCUT2D eigenvalue weighted by atomic mass is 35.5. The second kappa shape index (κ2) is 6.55. The van der Waals surface area contributed by atoms with E-state index in [1.165, 1.54) is 12.1 Å². The Morgan fingerprint density at radius 1 is 1.39 bits per heavy atom. The molecule has 1 aliphatic rings. The summed E-state index contributed by atoms with van der Waals surface area (Å²) in [6.45, 7) is -0.520. The summed E-state index contributed by atoms with van der Waals surface area (Å²) in [4.78, 5) is 35.6. The molecule has 0 spiro atoms. The average molecular weight is 362 g/mol. The van der Waals surface area contributed by atoms with E-state index >= 15 is 0 Å². The molecule has 1 aliphatic heterocycles. The number of imide groups is 1. The van der Waals surface area contributed by atoms with Gasteiger partial charge in [0.2, 0.25) is 0 Å². The summed E-state index contributed by atoms with van der Waals surface area (Å²) in [6, 6.07) is 3.56. The quantitative estimate of drug-likeness (QED) is 0.732. The van der Waals surface area contributed by atoms with E-state index in [4.69, 9.17) is 16.3 Å². The van der Waals surface area contributed by atoms with Crippen molar-refractivity contribution in [2.24, 2.45) is 0 Å². The standard InChI is InChI=1S/C13H12ClNO7S/c1-23(19,20)8-2-3-10(14)9(6-8)12(17)22-7-11(16)15-4-5-21-13(15)18/h2-3,6H,4-5,7H2,1H3. The average Bonchev–Trinajstić information content (AvgIpc) is 2.90. The minimum absolute atomic E-state index is 0.0181. The summed E-state index contributed by atoms with van der Waals surface area (Å²) in [5, 5.41) is -0.0181. The molecule has 1 heterocycles. The fourth-order valence-corrected chi connectivity index (χ4v) is 2.64. The molecule has 0 atom stereocenters. The zero-order chi connectivity index (χ0) is 17.2. The van der Waals surface area contributed by atoms with Crippen molar-refractivity contribution in [1.82, 2.24) is 4.90 Å². The Balaban J connectivity index is 2.09. The van der Waals surface area contributed by atoms with Gasteiger partial charge in [0, 0.05) is 6.26 Å². The molecule has 124 valence electrons. The fourth-order valence-electron chi connectivity index (χ4n) is 1.79. The van der Waals surface area contributed by atoms with Gasteiger partial charge >= 0.3 is 12.1 Å². The van der Waals surface area contributed by atoms with Crippen LogP contribution in [0.2, 0.25) is 5.02 Å². The van der Waals surface area contributed by atoms with Crippen molar-refractivity contribution >= 4 is 39.4 Å². The topological polar surface area (TPSA) is 107 Å². The van der Waals surface area contributed by atoms with Crippen LogP contribution >= 0.6 is 11.6 Å². The number of cyclic esters (lactones) is 1. The second-order valence-electron chi connectivity index (χ2n) is 4.65. The van der Waals surface area contributed by atoms with E-state index < -0.39 is 34.4 Å². The third-order valence-electron chi connectivity index (χ3n) is 2.97. The first kappa shape index (κ1) is 17.2. The minimum Gasteiger partial charge on any atom is -0.452 e. The van der Waals surface area contributed by atoms with Crippen molar-refractivity contribution in [2.45, 2.75) is 4.90 Å². The normalized spacial score (nSPS) is 14.5. The Bertz CT molecular complexity index is 775. The lowest BCUT2D eigenvalue weighted by Gasteiger charge is -2.11. The maximum atomic E-state index is 12.0. The Kier molecular flexibility index (Phi) is 4.90. The Morgan fingerprint density at radius 2 is 2.09 bits per heavy atom. The lowest BCUT2D eigenvalue weighted by molar-refractivity contribution is -0.131. The van der Waals surface area contributed by atoms with E-state index in [0.29, 0.717) is 0 Å². The van der Waals surface area contributed by atoms with Crippen LogP contribution in [0.1, 0.15) is 10.4 Å². The van der Waals surface area contributed by atoms with E-state index in [-0.39, 0.29) is 28.6 Å². The SMILES string of the molecule is CS(=O)(=O)c1ccc(Cl)c(C(=O)OCC(=O)N2CCOC2=O)c1. The predicted molar refractivity (Wildman–Crippen MR) is 77.9 cm³/mol. The highest BCUT2D eigenvalue weighted by molar-refractivity contribution is 7.90. The Labute approximate surface area is 136 Å². The van der Waals surface area contributed by atoms with Crippen LogP contribution in [0.4, 0.5) is 4.79 Å². The van der Waals surface area contributed by atoms with Gasteiger partial charge in [0.05, 0.1) is 22.0 Å². The summed E-state index contributed by atoms with van der Waals surface area (Å²) in [5.41, 5.74) is -0.189. The molecule has 0 aromatic heterocycles. The van der Waals surface area contributed by atoms with Crippen LogP contribution in [-0.4, -0.2) is 57.3 Å². The number of benzene rings is 1. The molecule has 1 aromatic carbocycles. The lowest BCUT2D eigenvalue weighted by atomic mass is 10.2. The van der Waals surface area contributed by atoms with Crippen molar-refractivity contribution in [2.75, 3.05) is 26.0 Å². The van der Waals surface area contributed by atoms with Crippen molar-refractivity contribution in [3.63, 3.8) is 0 Å². The smallest absolute Gasteiger partial charge is 0.416 e. The molecule has 2 amide bonds. The van der Waals surface area contributed by atoms with Crippen molar-refractivity contribution in [3.05, 3.63) is 28.8 Å². The second-order valence-corrected chi connectivity index (χ2v) is 7.07. The third-order valence-corrected chi connectivity index (χ3v) is 4.41. The molecule has 0 aliphatic carbocycles. The van der Waals surface area contributed by atoms with E-state index in [1.54, 1.807) is 0 Å². The number of rotatable bonds is 4.